The van der Waals surface area contributed by atoms with Crippen LogP contribution in [0.5, 0.6) is 5.75 Å². The monoisotopic (exact) mass is 444 g/mol. The molecular formula is C26H21FN2O4. The third-order valence-electron chi connectivity index (χ3n) is 4.88. The highest BCUT2D eigenvalue weighted by Gasteiger charge is 2.18. The second-order valence-electron chi connectivity index (χ2n) is 7.19. The summed E-state index contributed by atoms with van der Waals surface area (Å²) in [6.07, 6.45) is 1.41. The summed E-state index contributed by atoms with van der Waals surface area (Å²) in [6, 6.07) is 24.6. The smallest absolute Gasteiger partial charge is 0.291 e. The average Bonchev–Trinajstić information content (AvgIpc) is 3.39. The number of benzene rings is 3. The van der Waals surface area contributed by atoms with Crippen LogP contribution in [0.4, 0.5) is 10.1 Å². The van der Waals surface area contributed by atoms with Crippen molar-refractivity contribution in [1.82, 2.24) is 5.32 Å². The van der Waals surface area contributed by atoms with E-state index in [1.165, 1.54) is 18.4 Å². The van der Waals surface area contributed by atoms with Gasteiger partial charge in [0.05, 0.1) is 12.3 Å². The molecule has 2 amide bonds. The van der Waals surface area contributed by atoms with Crippen LogP contribution in [-0.4, -0.2) is 18.4 Å². The van der Waals surface area contributed by atoms with Gasteiger partial charge in [-0.2, -0.15) is 0 Å². The van der Waals surface area contributed by atoms with Gasteiger partial charge >= 0.3 is 0 Å². The van der Waals surface area contributed by atoms with E-state index in [0.29, 0.717) is 11.3 Å². The first-order valence-electron chi connectivity index (χ1n) is 10.3. The summed E-state index contributed by atoms with van der Waals surface area (Å²) in [5.41, 5.74) is 1.60. The molecule has 1 heterocycles. The van der Waals surface area contributed by atoms with Gasteiger partial charge in [0, 0.05) is 11.3 Å². The predicted molar refractivity (Wildman–Crippen MR) is 122 cm³/mol. The van der Waals surface area contributed by atoms with Crippen LogP contribution in [0.15, 0.2) is 102 Å². The first-order valence-corrected chi connectivity index (χ1v) is 10.3. The number of halogens is 1. The zero-order valence-electron chi connectivity index (χ0n) is 17.5. The molecule has 0 aliphatic rings. The Morgan fingerprint density at radius 1 is 0.879 bits per heavy atom. The summed E-state index contributed by atoms with van der Waals surface area (Å²) in [5, 5.41) is 5.63. The molecule has 4 rings (SSSR count). The summed E-state index contributed by atoms with van der Waals surface area (Å²) in [6.45, 7) is 0.0333. The largest absolute Gasteiger partial charge is 0.488 e. The second-order valence-corrected chi connectivity index (χ2v) is 7.19. The first-order chi connectivity index (χ1) is 16.1. The number of rotatable bonds is 8. The van der Waals surface area contributed by atoms with Crippen LogP contribution in [0.25, 0.3) is 0 Å². The summed E-state index contributed by atoms with van der Waals surface area (Å²) < 4.78 is 24.7. The Balaban J connectivity index is 1.48. The summed E-state index contributed by atoms with van der Waals surface area (Å²) >= 11 is 0. The van der Waals surface area contributed by atoms with E-state index in [1.54, 1.807) is 48.5 Å². The van der Waals surface area contributed by atoms with E-state index in [4.69, 9.17) is 9.15 Å². The van der Waals surface area contributed by atoms with E-state index in [0.717, 1.165) is 5.56 Å². The molecule has 6 nitrogen and oxygen atoms in total. The van der Waals surface area contributed by atoms with Gasteiger partial charge in [0.1, 0.15) is 6.61 Å². The number of amides is 2. The molecule has 0 fully saturated rings. The predicted octanol–water partition coefficient (Wildman–Crippen LogP) is 5.22. The average molecular weight is 444 g/mol. The van der Waals surface area contributed by atoms with Crippen molar-refractivity contribution in [3.63, 3.8) is 0 Å². The molecule has 1 aromatic heterocycles. The van der Waals surface area contributed by atoms with Crippen molar-refractivity contribution in [2.75, 3.05) is 11.9 Å². The van der Waals surface area contributed by atoms with Crippen LogP contribution in [-0.2, 0) is 0 Å². The second kappa shape index (κ2) is 10.3. The van der Waals surface area contributed by atoms with Crippen LogP contribution >= 0.6 is 0 Å². The molecule has 2 N–H and O–H groups in total. The Bertz CT molecular complexity index is 1230. The Kier molecular flexibility index (Phi) is 6.80. The van der Waals surface area contributed by atoms with E-state index in [-0.39, 0.29) is 24.0 Å². The van der Waals surface area contributed by atoms with Crippen molar-refractivity contribution < 1.29 is 23.1 Å². The van der Waals surface area contributed by atoms with Crippen molar-refractivity contribution >= 4 is 17.5 Å². The van der Waals surface area contributed by atoms with Gasteiger partial charge in [-0.3, -0.25) is 9.59 Å². The summed E-state index contributed by atoms with van der Waals surface area (Å²) in [4.78, 5) is 25.2. The number of carbonyl (C=O) groups excluding carboxylic acids is 2. The zero-order valence-corrected chi connectivity index (χ0v) is 17.5. The molecule has 33 heavy (non-hydrogen) atoms. The number of hydrogen-bond acceptors (Lipinski definition) is 4. The van der Waals surface area contributed by atoms with Gasteiger partial charge in [-0.05, 0) is 48.0 Å². The van der Waals surface area contributed by atoms with E-state index in [2.05, 4.69) is 10.6 Å². The normalized spacial score (nSPS) is 11.4. The van der Waals surface area contributed by atoms with Gasteiger partial charge in [-0.25, -0.2) is 4.39 Å². The Morgan fingerprint density at radius 3 is 2.42 bits per heavy atom. The van der Waals surface area contributed by atoms with Gasteiger partial charge in [-0.15, -0.1) is 0 Å². The lowest BCUT2D eigenvalue weighted by Crippen LogP contribution is -2.32. The molecule has 0 aliphatic carbocycles. The highest BCUT2D eigenvalue weighted by atomic mass is 19.1. The van der Waals surface area contributed by atoms with Gasteiger partial charge in [0.15, 0.2) is 17.3 Å². The van der Waals surface area contributed by atoms with Crippen molar-refractivity contribution in [2.45, 2.75) is 6.04 Å². The molecule has 0 bridgehead atoms. The van der Waals surface area contributed by atoms with Crippen LogP contribution in [0, 0.1) is 5.82 Å². The molecule has 4 aromatic rings. The highest BCUT2D eigenvalue weighted by molar-refractivity contribution is 6.03. The number of furan rings is 1. The number of anilines is 1. The Morgan fingerprint density at radius 2 is 1.67 bits per heavy atom. The van der Waals surface area contributed by atoms with E-state index >= 15 is 0 Å². The minimum absolute atomic E-state index is 0.0333. The third-order valence-corrected chi connectivity index (χ3v) is 4.88. The van der Waals surface area contributed by atoms with E-state index in [9.17, 15) is 14.0 Å². The minimum Gasteiger partial charge on any atom is -0.488 e. The fourth-order valence-electron chi connectivity index (χ4n) is 3.22. The summed E-state index contributed by atoms with van der Waals surface area (Å²) in [7, 11) is 0. The van der Waals surface area contributed by atoms with Gasteiger partial charge < -0.3 is 19.8 Å². The molecule has 0 saturated heterocycles. The number of ether oxygens (including phenoxy) is 1. The van der Waals surface area contributed by atoms with Crippen molar-refractivity contribution in [2.24, 2.45) is 0 Å². The van der Waals surface area contributed by atoms with Gasteiger partial charge in [0.25, 0.3) is 11.8 Å². The first kappa shape index (κ1) is 21.8. The number of hydrogen-bond donors (Lipinski definition) is 2. The maximum absolute atomic E-state index is 14.0. The van der Waals surface area contributed by atoms with Crippen molar-refractivity contribution in [3.8, 4) is 5.75 Å². The van der Waals surface area contributed by atoms with E-state index in [1.807, 2.05) is 30.3 Å². The van der Waals surface area contributed by atoms with Crippen molar-refractivity contribution in [3.05, 3.63) is 120 Å². The molecule has 1 unspecified atom stereocenters. The molecule has 3 aromatic carbocycles. The quantitative estimate of drug-likeness (QED) is 0.390. The van der Waals surface area contributed by atoms with Crippen LogP contribution in [0.1, 0.15) is 32.5 Å². The van der Waals surface area contributed by atoms with Crippen LogP contribution in [0.3, 0.4) is 0 Å². The lowest BCUT2D eigenvalue weighted by Gasteiger charge is -2.20. The topological polar surface area (TPSA) is 80.6 Å². The molecule has 0 saturated carbocycles. The molecule has 166 valence electrons. The van der Waals surface area contributed by atoms with Crippen LogP contribution in [0.2, 0.25) is 0 Å². The lowest BCUT2D eigenvalue weighted by atomic mass is 10.1. The Hall–Kier alpha value is -4.39. The number of carbonyl (C=O) groups is 2. The number of nitrogens with one attached hydrogen (secondary N) is 2. The molecule has 0 aliphatic heterocycles. The van der Waals surface area contributed by atoms with Crippen LogP contribution < -0.4 is 15.4 Å². The maximum atomic E-state index is 14.0. The molecule has 7 heteroatoms. The third kappa shape index (κ3) is 5.65. The summed E-state index contributed by atoms with van der Waals surface area (Å²) in [5.74, 6) is -0.988. The van der Waals surface area contributed by atoms with E-state index < -0.39 is 17.8 Å². The molecule has 1 atom stereocenters. The number of para-hydroxylation sites is 1. The Labute approximate surface area is 190 Å². The van der Waals surface area contributed by atoms with Crippen molar-refractivity contribution in [1.29, 1.82) is 0 Å². The fraction of sp³-hybridized carbons (Fsp3) is 0.0769. The SMILES string of the molecule is O=C(NC(COc1ccccc1F)c1ccccc1)c1cccc(NC(=O)c2ccco2)c1. The van der Waals surface area contributed by atoms with Gasteiger partial charge in [0.2, 0.25) is 0 Å². The minimum atomic E-state index is -0.528. The molecule has 0 radical (unpaired) electrons. The van der Waals surface area contributed by atoms with Gasteiger partial charge in [-0.1, -0.05) is 48.5 Å². The molecular weight excluding hydrogens is 423 g/mol. The maximum Gasteiger partial charge on any atom is 0.291 e. The zero-order chi connectivity index (χ0) is 23.0. The standard InChI is InChI=1S/C26H21FN2O4/c27-21-12-4-5-13-23(21)33-17-22(18-8-2-1-3-9-18)29-25(30)19-10-6-11-20(16-19)28-26(31)24-14-7-15-32-24/h1-16,22H,17H2,(H,28,31)(H,29,30). The highest BCUT2D eigenvalue weighted by Crippen LogP contribution is 2.20. The fourth-order valence-corrected chi connectivity index (χ4v) is 3.22. The molecule has 0 spiro atoms. The lowest BCUT2D eigenvalue weighted by molar-refractivity contribution is 0.0919.